The zero-order valence-electron chi connectivity index (χ0n) is 16.3. The monoisotopic (exact) mass is 388 g/mol. The molecule has 0 aliphatic carbocycles. The van der Waals surface area contributed by atoms with Crippen LogP contribution >= 0.6 is 0 Å². The average molecular weight is 388 g/mol. The van der Waals surface area contributed by atoms with Crippen molar-refractivity contribution in [1.82, 2.24) is 9.78 Å². The Bertz CT molecular complexity index is 1120. The molecule has 1 aliphatic rings. The van der Waals surface area contributed by atoms with Crippen molar-refractivity contribution in [2.45, 2.75) is 12.8 Å². The first-order valence-electron chi connectivity index (χ1n) is 9.02. The fraction of sp³-hybridized carbons (Fsp3) is 0.182. The largest absolute Gasteiger partial charge is 0.497 e. The van der Waals surface area contributed by atoms with Crippen LogP contribution in [0.15, 0.2) is 60.0 Å². The maximum Gasteiger partial charge on any atom is 0.229 e. The number of nitrogens with zero attached hydrogens (tertiary/aromatic N) is 3. The fourth-order valence-electron chi connectivity index (χ4n) is 3.59. The zero-order chi connectivity index (χ0) is 20.5. The van der Waals surface area contributed by atoms with Gasteiger partial charge in [0.2, 0.25) is 11.8 Å². The molecule has 0 saturated carbocycles. The summed E-state index contributed by atoms with van der Waals surface area (Å²) in [5.74, 6) is 1.35. The van der Waals surface area contributed by atoms with Gasteiger partial charge in [-0.25, -0.2) is 4.68 Å². The number of para-hydroxylation sites is 1. The highest BCUT2D eigenvalue weighted by molar-refractivity contribution is 5.58. The highest BCUT2D eigenvalue weighted by atomic mass is 16.5. The lowest BCUT2D eigenvalue weighted by Gasteiger charge is -2.25. The van der Waals surface area contributed by atoms with Crippen LogP contribution < -0.4 is 19.9 Å². The molecule has 1 aliphatic heterocycles. The number of aromatic nitrogens is 2. The van der Waals surface area contributed by atoms with Gasteiger partial charge >= 0.3 is 0 Å². The van der Waals surface area contributed by atoms with Crippen molar-refractivity contribution in [1.29, 1.82) is 5.26 Å². The summed E-state index contributed by atoms with van der Waals surface area (Å²) >= 11 is 0. The normalized spacial score (nSPS) is 15.3. The molecule has 2 heterocycles. The molecule has 7 heteroatoms. The average Bonchev–Trinajstić information content (AvgIpc) is 3.08. The van der Waals surface area contributed by atoms with Gasteiger partial charge in [0.15, 0.2) is 0 Å². The third-order valence-electron chi connectivity index (χ3n) is 4.94. The quantitative estimate of drug-likeness (QED) is 0.736. The van der Waals surface area contributed by atoms with E-state index in [9.17, 15) is 5.26 Å². The summed E-state index contributed by atoms with van der Waals surface area (Å²) in [5.41, 5.74) is 9.66. The van der Waals surface area contributed by atoms with Gasteiger partial charge in [0.05, 0.1) is 37.1 Å². The molecule has 1 atom stereocenters. The summed E-state index contributed by atoms with van der Waals surface area (Å²) < 4.78 is 18.4. The molecule has 0 bridgehead atoms. The Hall–Kier alpha value is -3.92. The van der Waals surface area contributed by atoms with E-state index in [-0.39, 0.29) is 5.88 Å². The lowest BCUT2D eigenvalue weighted by molar-refractivity contribution is 0.366. The van der Waals surface area contributed by atoms with Crippen LogP contribution in [0.25, 0.3) is 5.69 Å². The van der Waals surface area contributed by atoms with Crippen LogP contribution in [-0.4, -0.2) is 24.0 Å². The van der Waals surface area contributed by atoms with E-state index in [1.165, 1.54) is 0 Å². The molecule has 2 aromatic carbocycles. The number of ether oxygens (including phenoxy) is 3. The molecule has 2 N–H and O–H groups in total. The van der Waals surface area contributed by atoms with Gasteiger partial charge in [0, 0.05) is 6.07 Å². The van der Waals surface area contributed by atoms with Crippen molar-refractivity contribution < 1.29 is 14.2 Å². The van der Waals surface area contributed by atoms with Gasteiger partial charge < -0.3 is 19.9 Å². The number of benzene rings is 2. The minimum Gasteiger partial charge on any atom is -0.497 e. The Kier molecular flexibility index (Phi) is 4.61. The highest BCUT2D eigenvalue weighted by Gasteiger charge is 2.36. The molecule has 4 rings (SSSR count). The molecule has 0 unspecified atom stereocenters. The summed E-state index contributed by atoms with van der Waals surface area (Å²) in [5, 5.41) is 14.5. The van der Waals surface area contributed by atoms with Gasteiger partial charge in [-0.2, -0.15) is 10.4 Å². The van der Waals surface area contributed by atoms with Crippen LogP contribution in [0.1, 0.15) is 22.7 Å². The molecule has 146 valence electrons. The van der Waals surface area contributed by atoms with Crippen molar-refractivity contribution in [2.24, 2.45) is 5.73 Å². The lowest BCUT2D eigenvalue weighted by Crippen LogP contribution is -2.22. The number of hydrogen-bond donors (Lipinski definition) is 1. The predicted octanol–water partition coefficient (Wildman–Crippen LogP) is 3.42. The van der Waals surface area contributed by atoms with E-state index in [0.717, 1.165) is 22.5 Å². The number of methoxy groups -OCH3 is 2. The number of fused-ring (bicyclic) bond motifs is 1. The van der Waals surface area contributed by atoms with Gasteiger partial charge in [-0.3, -0.25) is 0 Å². The van der Waals surface area contributed by atoms with E-state index >= 15 is 0 Å². The van der Waals surface area contributed by atoms with Crippen LogP contribution in [0.2, 0.25) is 0 Å². The molecule has 0 fully saturated rings. The molecule has 1 aromatic heterocycles. The third-order valence-corrected chi connectivity index (χ3v) is 4.94. The smallest absolute Gasteiger partial charge is 0.229 e. The maximum absolute atomic E-state index is 9.83. The molecule has 29 heavy (non-hydrogen) atoms. The Labute approximate surface area is 168 Å². The van der Waals surface area contributed by atoms with Crippen molar-refractivity contribution in [3.63, 3.8) is 0 Å². The van der Waals surface area contributed by atoms with Crippen molar-refractivity contribution in [3.8, 4) is 29.1 Å². The van der Waals surface area contributed by atoms with E-state index < -0.39 is 5.92 Å². The molecular weight excluding hydrogens is 368 g/mol. The first-order valence-corrected chi connectivity index (χ1v) is 9.02. The molecule has 0 saturated heterocycles. The Morgan fingerprint density at radius 1 is 1.10 bits per heavy atom. The second-order valence-electron chi connectivity index (χ2n) is 6.62. The van der Waals surface area contributed by atoms with E-state index in [2.05, 4.69) is 11.2 Å². The number of rotatable bonds is 4. The summed E-state index contributed by atoms with van der Waals surface area (Å²) in [6.07, 6.45) is 0. The number of hydrogen-bond acceptors (Lipinski definition) is 6. The number of nitrogens with two attached hydrogens (primary N) is 1. The Balaban J connectivity index is 1.97. The standard InChI is InChI=1S/C22H20N4O3/c1-13-19-20(14-9-16(27-2)11-17(10-14)28-3)18(12-23)21(24)29-22(19)26(25-13)15-7-5-4-6-8-15/h4-11,20H,24H2,1-3H3/t20-/m1/s1. The van der Waals surface area contributed by atoms with Gasteiger partial charge in [0.1, 0.15) is 23.1 Å². The maximum atomic E-state index is 9.83. The predicted molar refractivity (Wildman–Crippen MR) is 107 cm³/mol. The number of nitriles is 1. The summed E-state index contributed by atoms with van der Waals surface area (Å²) in [4.78, 5) is 0. The molecule has 3 aromatic rings. The SMILES string of the molecule is COc1cc(OC)cc([C@@H]2C(C#N)=C(N)Oc3c2c(C)nn3-c2ccccc2)c1. The van der Waals surface area contributed by atoms with Gasteiger partial charge in [0.25, 0.3) is 0 Å². The number of aryl methyl sites for hydroxylation is 1. The van der Waals surface area contributed by atoms with Gasteiger partial charge in [-0.05, 0) is 36.8 Å². The fourth-order valence-corrected chi connectivity index (χ4v) is 3.59. The first-order chi connectivity index (χ1) is 14.1. The van der Waals surface area contributed by atoms with Crippen molar-refractivity contribution >= 4 is 0 Å². The minimum atomic E-state index is -0.454. The number of allylic oxidation sites excluding steroid dienone is 1. The zero-order valence-corrected chi connectivity index (χ0v) is 16.3. The van der Waals surface area contributed by atoms with Crippen LogP contribution in [0.4, 0.5) is 0 Å². The van der Waals surface area contributed by atoms with Crippen LogP contribution in [0, 0.1) is 18.3 Å². The van der Waals surface area contributed by atoms with E-state index in [1.54, 1.807) is 25.0 Å². The van der Waals surface area contributed by atoms with E-state index in [1.807, 2.05) is 49.4 Å². The topological polar surface area (TPSA) is 95.3 Å². The Morgan fingerprint density at radius 3 is 2.34 bits per heavy atom. The molecule has 0 spiro atoms. The summed E-state index contributed by atoms with van der Waals surface area (Å²) in [6, 6.07) is 17.4. The Morgan fingerprint density at radius 2 is 1.76 bits per heavy atom. The van der Waals surface area contributed by atoms with E-state index in [4.69, 9.17) is 19.9 Å². The van der Waals surface area contributed by atoms with Crippen LogP contribution in [0.3, 0.4) is 0 Å². The molecule has 7 nitrogen and oxygen atoms in total. The van der Waals surface area contributed by atoms with Gasteiger partial charge in [-0.15, -0.1) is 0 Å². The second kappa shape index (κ2) is 7.24. The highest BCUT2D eigenvalue weighted by Crippen LogP contribution is 2.45. The lowest BCUT2D eigenvalue weighted by atomic mass is 9.84. The van der Waals surface area contributed by atoms with Crippen molar-refractivity contribution in [3.05, 3.63) is 76.8 Å². The molecular formula is C22H20N4O3. The van der Waals surface area contributed by atoms with Gasteiger partial charge in [-0.1, -0.05) is 18.2 Å². The van der Waals surface area contributed by atoms with E-state index in [0.29, 0.717) is 23.0 Å². The molecule has 0 amide bonds. The van der Waals surface area contributed by atoms with Crippen LogP contribution in [0.5, 0.6) is 17.4 Å². The van der Waals surface area contributed by atoms with Crippen LogP contribution in [-0.2, 0) is 0 Å². The minimum absolute atomic E-state index is 0.0591. The molecule has 0 radical (unpaired) electrons. The van der Waals surface area contributed by atoms with Crippen molar-refractivity contribution in [2.75, 3.05) is 14.2 Å². The second-order valence-corrected chi connectivity index (χ2v) is 6.62. The summed E-state index contributed by atoms with van der Waals surface area (Å²) in [6.45, 7) is 1.89. The first kappa shape index (κ1) is 18.4. The summed E-state index contributed by atoms with van der Waals surface area (Å²) in [7, 11) is 3.17. The third kappa shape index (κ3) is 3.05.